The van der Waals surface area contributed by atoms with Crippen LogP contribution in [0.15, 0.2) is 36.0 Å². The van der Waals surface area contributed by atoms with E-state index in [-0.39, 0.29) is 54.4 Å². The van der Waals surface area contributed by atoms with Crippen molar-refractivity contribution in [1.82, 2.24) is 20.9 Å². The molecular weight excluding hydrogens is 644 g/mol. The Labute approximate surface area is 296 Å². The maximum Gasteiger partial charge on any atom is 0.410 e. The lowest BCUT2D eigenvalue weighted by atomic mass is 9.87. The van der Waals surface area contributed by atoms with Gasteiger partial charge >= 0.3 is 6.09 Å². The number of likely N-dealkylation sites (tertiary alicyclic amines) is 1. The van der Waals surface area contributed by atoms with Gasteiger partial charge in [0.2, 0.25) is 17.7 Å². The Morgan fingerprint density at radius 1 is 1.04 bits per heavy atom. The van der Waals surface area contributed by atoms with Gasteiger partial charge in [0, 0.05) is 45.1 Å². The van der Waals surface area contributed by atoms with Crippen molar-refractivity contribution in [2.24, 2.45) is 5.92 Å². The minimum atomic E-state index is -0.836. The van der Waals surface area contributed by atoms with Crippen molar-refractivity contribution in [2.75, 3.05) is 32.8 Å². The number of hydrogen-bond acceptors (Lipinski definition) is 9. The summed E-state index contributed by atoms with van der Waals surface area (Å²) in [4.78, 5) is 50.6. The van der Waals surface area contributed by atoms with E-state index < -0.39 is 30.0 Å². The van der Waals surface area contributed by atoms with Crippen molar-refractivity contribution in [3.63, 3.8) is 0 Å². The zero-order valence-electron chi connectivity index (χ0n) is 30.4. The molecule has 13 nitrogen and oxygen atoms in total. The quantitative estimate of drug-likeness (QED) is 0.0921. The smallest absolute Gasteiger partial charge is 0.410 e. The highest BCUT2D eigenvalue weighted by molar-refractivity contribution is 5.87. The predicted molar refractivity (Wildman–Crippen MR) is 187 cm³/mol. The molecule has 4 N–H and O–H groups in total. The Morgan fingerprint density at radius 2 is 1.74 bits per heavy atom. The summed E-state index contributed by atoms with van der Waals surface area (Å²) in [7, 11) is 0. The van der Waals surface area contributed by atoms with Gasteiger partial charge in [-0.25, -0.2) is 4.79 Å². The summed E-state index contributed by atoms with van der Waals surface area (Å²) in [6.45, 7) is 12.1. The Bertz CT molecular complexity index is 1260. The molecule has 13 heteroatoms. The number of hydrogen-bond donors (Lipinski definition) is 4. The van der Waals surface area contributed by atoms with Gasteiger partial charge in [-0.2, -0.15) is 0 Å². The lowest BCUT2D eigenvalue weighted by Gasteiger charge is -2.39. The second-order valence-corrected chi connectivity index (χ2v) is 14.2. The molecule has 50 heavy (non-hydrogen) atoms. The summed E-state index contributed by atoms with van der Waals surface area (Å²) in [5.74, 6) is -0.293. The molecule has 9 atom stereocenters. The van der Waals surface area contributed by atoms with E-state index in [1.807, 2.05) is 26.0 Å². The van der Waals surface area contributed by atoms with Crippen molar-refractivity contribution in [1.29, 1.82) is 0 Å². The van der Waals surface area contributed by atoms with Crippen molar-refractivity contribution in [2.45, 2.75) is 134 Å². The van der Waals surface area contributed by atoms with Gasteiger partial charge in [0.05, 0.1) is 37.4 Å². The van der Waals surface area contributed by atoms with Gasteiger partial charge in [0.15, 0.2) is 0 Å². The molecule has 4 aliphatic rings. The number of nitrogens with one attached hydrogen (secondary N) is 3. The first kappa shape index (κ1) is 39.5. The standard InChI is InChI=1S/C37H58N4O9/c1-6-32(42)38-16-17-39-34(44)21-28-22-37(23-47-37)35(45)31(50-28)14-11-24(2)10-13-30-25(3)20-29(27(5)49-30)40-33(43)15-12-26(4)48-36(46)41-18-8-7-9-19-41/h10-12,14-15,25-31,35,45H,6-9,13,16-23H2,1-5H3,(H,38,42)(H,39,44)(H,40,43). The summed E-state index contributed by atoms with van der Waals surface area (Å²) in [6.07, 6.45) is 11.5. The number of nitrogens with zero attached hydrogens (tertiary/aromatic N) is 1. The van der Waals surface area contributed by atoms with Crippen molar-refractivity contribution < 1.29 is 43.2 Å². The first-order valence-corrected chi connectivity index (χ1v) is 18.3. The zero-order valence-corrected chi connectivity index (χ0v) is 30.4. The molecule has 4 rings (SSSR count). The van der Waals surface area contributed by atoms with E-state index in [0.29, 0.717) is 52.0 Å². The molecule has 0 bridgehead atoms. The van der Waals surface area contributed by atoms with Gasteiger partial charge in [0.1, 0.15) is 23.9 Å². The van der Waals surface area contributed by atoms with Crippen molar-refractivity contribution >= 4 is 23.8 Å². The van der Waals surface area contributed by atoms with E-state index in [9.17, 15) is 24.3 Å². The summed E-state index contributed by atoms with van der Waals surface area (Å²) in [5.41, 5.74) is 0.297. The van der Waals surface area contributed by atoms with E-state index in [0.717, 1.165) is 31.3 Å². The normalized spacial score (nSPS) is 32.2. The van der Waals surface area contributed by atoms with Crippen LogP contribution in [0.2, 0.25) is 0 Å². The average molecular weight is 703 g/mol. The van der Waals surface area contributed by atoms with E-state index >= 15 is 0 Å². The van der Waals surface area contributed by atoms with Gasteiger partial charge in [0.25, 0.3) is 0 Å². The fourth-order valence-corrected chi connectivity index (χ4v) is 6.74. The van der Waals surface area contributed by atoms with Crippen LogP contribution in [0.3, 0.4) is 0 Å². The molecule has 1 spiro atoms. The SMILES string of the molecule is CCC(=O)NCCNC(=O)CC1CC2(CO2)C(O)C(C=CC(C)=CCC2OC(C)C(NC(=O)C=CC(C)OC(=O)N3CCCCC3)CC2C)O1. The first-order valence-electron chi connectivity index (χ1n) is 18.3. The molecule has 4 amide bonds. The number of aliphatic hydroxyl groups is 1. The number of amides is 4. The summed E-state index contributed by atoms with van der Waals surface area (Å²) < 4.78 is 23.6. The van der Waals surface area contributed by atoms with Crippen LogP contribution in [-0.2, 0) is 33.3 Å². The van der Waals surface area contributed by atoms with Crippen molar-refractivity contribution in [3.8, 4) is 0 Å². The molecule has 0 aromatic carbocycles. The highest BCUT2D eigenvalue weighted by Gasteiger charge is 2.58. The van der Waals surface area contributed by atoms with Crippen LogP contribution < -0.4 is 16.0 Å². The fourth-order valence-electron chi connectivity index (χ4n) is 6.74. The number of ether oxygens (including phenoxy) is 4. The second-order valence-electron chi connectivity index (χ2n) is 14.2. The van der Waals surface area contributed by atoms with Crippen LogP contribution >= 0.6 is 0 Å². The van der Waals surface area contributed by atoms with Gasteiger partial charge < -0.3 is 44.9 Å². The molecule has 9 unspecified atom stereocenters. The minimum absolute atomic E-state index is 0.0240. The molecule has 280 valence electrons. The number of carbonyl (C=O) groups is 4. The number of allylic oxidation sites excluding steroid dienone is 2. The third-order valence-electron chi connectivity index (χ3n) is 9.98. The Morgan fingerprint density at radius 3 is 2.42 bits per heavy atom. The van der Waals surface area contributed by atoms with Gasteiger partial charge in [-0.05, 0) is 64.9 Å². The van der Waals surface area contributed by atoms with Crippen LogP contribution in [0.1, 0.15) is 86.0 Å². The summed E-state index contributed by atoms with van der Waals surface area (Å²) >= 11 is 0. The summed E-state index contributed by atoms with van der Waals surface area (Å²) in [6, 6.07) is -0.145. The molecular formula is C37H58N4O9. The number of piperidine rings is 1. The van der Waals surface area contributed by atoms with Crippen LogP contribution in [0.4, 0.5) is 4.79 Å². The van der Waals surface area contributed by atoms with Crippen molar-refractivity contribution in [3.05, 3.63) is 36.0 Å². The topological polar surface area (TPSA) is 168 Å². The lowest BCUT2D eigenvalue weighted by Crippen LogP contribution is -2.51. The maximum atomic E-state index is 12.7. The van der Waals surface area contributed by atoms with Gasteiger partial charge in [-0.1, -0.05) is 37.6 Å². The lowest BCUT2D eigenvalue weighted by molar-refractivity contribution is -0.145. The maximum absolute atomic E-state index is 12.7. The van der Waals surface area contributed by atoms with Gasteiger partial charge in [-0.3, -0.25) is 14.4 Å². The third-order valence-corrected chi connectivity index (χ3v) is 9.98. The molecule has 4 fully saturated rings. The largest absolute Gasteiger partial charge is 0.442 e. The van der Waals surface area contributed by atoms with E-state index in [2.05, 4.69) is 29.0 Å². The van der Waals surface area contributed by atoms with E-state index in [4.69, 9.17) is 18.9 Å². The molecule has 0 radical (unpaired) electrons. The fraction of sp³-hybridized carbons (Fsp3) is 0.730. The van der Waals surface area contributed by atoms with Crippen LogP contribution in [0.5, 0.6) is 0 Å². The Kier molecular flexibility index (Phi) is 14.9. The first-order chi connectivity index (χ1) is 23.9. The second kappa shape index (κ2) is 18.8. The molecule has 0 aliphatic carbocycles. The molecule has 4 heterocycles. The van der Waals surface area contributed by atoms with Gasteiger partial charge in [-0.15, -0.1) is 0 Å². The van der Waals surface area contributed by atoms with Crippen LogP contribution in [0, 0.1) is 5.92 Å². The molecule has 4 aliphatic heterocycles. The monoisotopic (exact) mass is 702 g/mol. The number of rotatable bonds is 14. The molecule has 0 aromatic rings. The molecule has 0 saturated carbocycles. The van der Waals surface area contributed by atoms with E-state index in [1.165, 1.54) is 6.08 Å². The number of carbonyl (C=O) groups excluding carboxylic acids is 4. The number of aliphatic hydroxyl groups excluding tert-OH is 1. The highest BCUT2D eigenvalue weighted by atomic mass is 16.6. The average Bonchev–Trinajstić information content (AvgIpc) is 3.87. The Hall–Kier alpha value is -3.26. The summed E-state index contributed by atoms with van der Waals surface area (Å²) in [5, 5.41) is 19.5. The third kappa shape index (κ3) is 11.9. The van der Waals surface area contributed by atoms with Crippen LogP contribution in [0.25, 0.3) is 0 Å². The molecule has 4 saturated heterocycles. The number of epoxide rings is 1. The predicted octanol–water partition coefficient (Wildman–Crippen LogP) is 3.06. The zero-order chi connectivity index (χ0) is 36.3. The van der Waals surface area contributed by atoms with Crippen LogP contribution in [-0.4, -0.2) is 115 Å². The highest BCUT2D eigenvalue weighted by Crippen LogP contribution is 2.43. The minimum Gasteiger partial charge on any atom is -0.442 e. The molecule has 0 aromatic heterocycles. The van der Waals surface area contributed by atoms with E-state index in [1.54, 1.807) is 24.8 Å². The Balaban J connectivity index is 1.20.